The Balaban J connectivity index is 2.75. The Bertz CT molecular complexity index is 542. The number of ether oxygens (including phenoxy) is 1. The lowest BCUT2D eigenvalue weighted by Crippen LogP contribution is -2.44. The van der Waals surface area contributed by atoms with Crippen molar-refractivity contribution < 1.29 is 34.8 Å². The first-order valence-corrected chi connectivity index (χ1v) is 6.32. The van der Waals surface area contributed by atoms with E-state index in [1.54, 1.807) is 20.8 Å². The molecule has 0 bridgehead atoms. The number of aliphatic hydroxyl groups is 3. The van der Waals surface area contributed by atoms with Gasteiger partial charge in [0.15, 0.2) is 0 Å². The fourth-order valence-corrected chi connectivity index (χ4v) is 1.52. The standard InChI is InChI=1S/C12H19N3O7/c1-11(2,3)22-10(18)14-8(9(16)17)4-7-5-13-15(6-7)12(19,20)21/h5-6,8,19-21H,4H2,1-3H3,(H,14,18)(H,16,17). The summed E-state index contributed by atoms with van der Waals surface area (Å²) in [5.41, 5.74) is -0.521. The molecule has 10 nitrogen and oxygen atoms in total. The summed E-state index contributed by atoms with van der Waals surface area (Å²) in [6.07, 6.45) is -2.11. The zero-order chi connectivity index (χ0) is 17.1. The molecule has 1 aromatic heterocycles. The molecule has 0 saturated carbocycles. The number of carbonyl (C=O) groups is 2. The Hall–Kier alpha value is -2.17. The number of rotatable bonds is 5. The zero-order valence-corrected chi connectivity index (χ0v) is 12.3. The number of alkyl carbamates (subject to hydrolysis) is 1. The third-order valence-electron chi connectivity index (χ3n) is 2.37. The van der Waals surface area contributed by atoms with Gasteiger partial charge in [0.1, 0.15) is 11.6 Å². The van der Waals surface area contributed by atoms with Crippen LogP contribution in [0.1, 0.15) is 26.3 Å². The van der Waals surface area contributed by atoms with Crippen LogP contribution in [0.15, 0.2) is 12.4 Å². The summed E-state index contributed by atoms with van der Waals surface area (Å²) < 4.78 is 5.39. The minimum absolute atomic E-state index is 0.190. The van der Waals surface area contributed by atoms with Gasteiger partial charge in [0, 0.05) is 12.6 Å². The van der Waals surface area contributed by atoms with E-state index in [1.807, 2.05) is 0 Å². The van der Waals surface area contributed by atoms with Crippen molar-refractivity contribution in [2.75, 3.05) is 0 Å². The van der Waals surface area contributed by atoms with E-state index >= 15 is 0 Å². The van der Waals surface area contributed by atoms with Crippen molar-refractivity contribution in [1.82, 2.24) is 15.1 Å². The maximum absolute atomic E-state index is 11.6. The molecule has 1 aromatic rings. The van der Waals surface area contributed by atoms with Crippen LogP contribution in [0.2, 0.25) is 0 Å². The van der Waals surface area contributed by atoms with Gasteiger partial charge in [0.25, 0.3) is 0 Å². The van der Waals surface area contributed by atoms with E-state index in [2.05, 4.69) is 10.4 Å². The number of aliphatic carboxylic acids is 1. The van der Waals surface area contributed by atoms with Gasteiger partial charge in [-0.1, -0.05) is 0 Å². The number of carboxylic acid groups (broad SMARTS) is 1. The molecule has 0 saturated heterocycles. The highest BCUT2D eigenvalue weighted by atomic mass is 16.7. The maximum Gasteiger partial charge on any atom is 0.408 e. The van der Waals surface area contributed by atoms with Crippen LogP contribution in [0.25, 0.3) is 0 Å². The van der Waals surface area contributed by atoms with Gasteiger partial charge >= 0.3 is 18.2 Å². The van der Waals surface area contributed by atoms with Crippen molar-refractivity contribution >= 4 is 12.1 Å². The molecule has 0 aliphatic carbocycles. The predicted molar refractivity (Wildman–Crippen MR) is 71.4 cm³/mol. The molecule has 1 unspecified atom stereocenters. The van der Waals surface area contributed by atoms with E-state index in [9.17, 15) is 9.59 Å². The number of hydrogen-bond acceptors (Lipinski definition) is 7. The normalized spacial score (nSPS) is 13.5. The van der Waals surface area contributed by atoms with Gasteiger partial charge in [-0.3, -0.25) is 0 Å². The molecule has 1 rings (SSSR count). The zero-order valence-electron chi connectivity index (χ0n) is 12.3. The summed E-state index contributed by atoms with van der Waals surface area (Å²) in [6, 6.07) is -1.31. The largest absolute Gasteiger partial charge is 0.480 e. The lowest BCUT2D eigenvalue weighted by molar-refractivity contribution is -0.380. The smallest absolute Gasteiger partial charge is 0.408 e. The minimum Gasteiger partial charge on any atom is -0.480 e. The van der Waals surface area contributed by atoms with Crippen molar-refractivity contribution in [3.63, 3.8) is 0 Å². The lowest BCUT2D eigenvalue weighted by Gasteiger charge is -2.21. The number of carbonyl (C=O) groups excluding carboxylic acids is 1. The molecule has 1 heterocycles. The first-order valence-electron chi connectivity index (χ1n) is 6.32. The molecule has 0 spiro atoms. The number of carboxylic acids is 1. The molecule has 5 N–H and O–H groups in total. The van der Waals surface area contributed by atoms with E-state index in [0.29, 0.717) is 4.68 Å². The molecule has 1 atom stereocenters. The Morgan fingerprint density at radius 3 is 2.36 bits per heavy atom. The molecule has 10 heteroatoms. The maximum atomic E-state index is 11.6. The molecule has 0 aliphatic rings. The number of nitrogens with zero attached hydrogens (tertiary/aromatic N) is 2. The van der Waals surface area contributed by atoms with Crippen molar-refractivity contribution in [2.45, 2.75) is 44.9 Å². The number of aromatic nitrogens is 2. The molecule has 0 radical (unpaired) electrons. The lowest BCUT2D eigenvalue weighted by atomic mass is 10.1. The summed E-state index contributed by atoms with van der Waals surface area (Å²) in [4.78, 5) is 22.8. The Kier molecular flexibility index (Phi) is 5.12. The second kappa shape index (κ2) is 6.30. The van der Waals surface area contributed by atoms with Gasteiger partial charge in [-0.2, -0.15) is 9.78 Å². The molecule has 22 heavy (non-hydrogen) atoms. The van der Waals surface area contributed by atoms with Gasteiger partial charge < -0.3 is 30.5 Å². The Morgan fingerprint density at radius 2 is 1.95 bits per heavy atom. The van der Waals surface area contributed by atoms with Crippen molar-refractivity contribution in [3.8, 4) is 0 Å². The fourth-order valence-electron chi connectivity index (χ4n) is 1.52. The first-order chi connectivity index (χ1) is 9.88. The summed E-state index contributed by atoms with van der Waals surface area (Å²) in [5.74, 6) is -1.30. The predicted octanol–water partition coefficient (Wildman–Crippen LogP) is -1.05. The van der Waals surface area contributed by atoms with Crippen molar-refractivity contribution in [2.24, 2.45) is 0 Å². The summed E-state index contributed by atoms with van der Waals surface area (Å²) in [6.45, 7) is 4.90. The number of hydrogen-bond donors (Lipinski definition) is 5. The quantitative estimate of drug-likeness (QED) is 0.431. The second-order valence-corrected chi connectivity index (χ2v) is 5.63. The van der Waals surface area contributed by atoms with Crippen molar-refractivity contribution in [1.29, 1.82) is 0 Å². The van der Waals surface area contributed by atoms with Crippen molar-refractivity contribution in [3.05, 3.63) is 18.0 Å². The van der Waals surface area contributed by atoms with Crippen LogP contribution in [0.5, 0.6) is 0 Å². The van der Waals surface area contributed by atoms with Crippen LogP contribution in [0.3, 0.4) is 0 Å². The van der Waals surface area contributed by atoms with E-state index in [1.165, 1.54) is 0 Å². The Morgan fingerprint density at radius 1 is 1.36 bits per heavy atom. The minimum atomic E-state index is -3.18. The van der Waals surface area contributed by atoms with Crippen LogP contribution in [-0.4, -0.2) is 53.9 Å². The number of nitrogens with one attached hydrogen (secondary N) is 1. The number of amides is 1. The van der Waals surface area contributed by atoms with Gasteiger partial charge in [-0.05, 0) is 26.3 Å². The Labute approximate surface area is 125 Å². The molecule has 0 aromatic carbocycles. The molecular weight excluding hydrogens is 298 g/mol. The van der Waals surface area contributed by atoms with Crippen LogP contribution < -0.4 is 5.32 Å². The SMILES string of the molecule is CC(C)(C)OC(=O)NC(Cc1cnn(C(O)(O)O)c1)C(=O)O. The van der Waals surface area contributed by atoms with Crippen LogP contribution >= 0.6 is 0 Å². The monoisotopic (exact) mass is 317 g/mol. The van der Waals surface area contributed by atoms with E-state index in [0.717, 1.165) is 12.4 Å². The highest BCUT2D eigenvalue weighted by Gasteiger charge is 2.26. The molecule has 0 aliphatic heterocycles. The molecule has 0 fully saturated rings. The third-order valence-corrected chi connectivity index (χ3v) is 2.37. The summed E-state index contributed by atoms with van der Waals surface area (Å²) >= 11 is 0. The highest BCUT2D eigenvalue weighted by molar-refractivity contribution is 5.80. The van der Waals surface area contributed by atoms with Gasteiger partial charge in [0.05, 0.1) is 6.20 Å². The highest BCUT2D eigenvalue weighted by Crippen LogP contribution is 2.10. The average molecular weight is 317 g/mol. The van der Waals surface area contributed by atoms with Crippen LogP contribution in [0, 0.1) is 0 Å². The van der Waals surface area contributed by atoms with E-state index < -0.39 is 29.8 Å². The summed E-state index contributed by atoms with van der Waals surface area (Å²) in [7, 11) is 0. The van der Waals surface area contributed by atoms with Crippen LogP contribution in [-0.2, 0) is 22.0 Å². The third kappa shape index (κ3) is 5.68. The average Bonchev–Trinajstić information content (AvgIpc) is 2.73. The summed E-state index contributed by atoms with van der Waals surface area (Å²) in [5, 5.41) is 41.5. The van der Waals surface area contributed by atoms with Gasteiger partial charge in [0.2, 0.25) is 0 Å². The fraction of sp³-hybridized carbons (Fsp3) is 0.583. The van der Waals surface area contributed by atoms with E-state index in [4.69, 9.17) is 25.2 Å². The first kappa shape index (κ1) is 17.9. The molecule has 1 amide bonds. The van der Waals surface area contributed by atoms with Crippen LogP contribution in [0.4, 0.5) is 4.79 Å². The van der Waals surface area contributed by atoms with Gasteiger partial charge in [-0.25, -0.2) is 9.59 Å². The second-order valence-electron chi connectivity index (χ2n) is 5.63. The van der Waals surface area contributed by atoms with Gasteiger partial charge in [-0.15, -0.1) is 0 Å². The van der Waals surface area contributed by atoms with E-state index in [-0.39, 0.29) is 12.0 Å². The molecular formula is C12H19N3O7. The topological polar surface area (TPSA) is 154 Å². The molecule has 124 valence electrons.